The van der Waals surface area contributed by atoms with Crippen molar-refractivity contribution in [2.75, 3.05) is 6.54 Å². The molecule has 0 aliphatic rings. The summed E-state index contributed by atoms with van der Waals surface area (Å²) in [6.45, 7) is -0.412. The Morgan fingerprint density at radius 3 is 1.74 bits per heavy atom. The van der Waals surface area contributed by atoms with Crippen molar-refractivity contribution in [3.8, 4) is 5.75 Å². The monoisotopic (exact) mass is 494 g/mol. The highest BCUT2D eigenvalue weighted by atomic mass is 16.4. The zero-order chi connectivity index (χ0) is 26.5. The van der Waals surface area contributed by atoms with Gasteiger partial charge in [-0.05, 0) is 30.5 Å². The molecule has 0 unspecified atom stereocenters. The molecule has 192 valence electrons. The van der Waals surface area contributed by atoms with Gasteiger partial charge in [0.1, 0.15) is 23.9 Å². The molecule has 11 N–H and O–H groups in total. The Bertz CT molecular complexity index is 936. The fourth-order valence-electron chi connectivity index (χ4n) is 2.97. The van der Waals surface area contributed by atoms with Crippen LogP contribution >= 0.6 is 0 Å². The summed E-state index contributed by atoms with van der Waals surface area (Å²) in [7, 11) is 0. The number of nitrogens with two attached hydrogens (primary N) is 3. The number of aromatic hydroxyl groups is 1. The van der Waals surface area contributed by atoms with Gasteiger partial charge in [-0.2, -0.15) is 0 Å². The first-order valence-electron chi connectivity index (χ1n) is 10.6. The molecule has 3 atom stereocenters. The van der Waals surface area contributed by atoms with Crippen molar-refractivity contribution in [3.05, 3.63) is 29.8 Å². The second-order valence-corrected chi connectivity index (χ2v) is 7.67. The van der Waals surface area contributed by atoms with Gasteiger partial charge < -0.3 is 43.4 Å². The number of rotatable bonds is 15. The van der Waals surface area contributed by atoms with E-state index in [1.54, 1.807) is 0 Å². The number of carbonyl (C=O) groups is 6. The molecule has 0 aromatic heterocycles. The van der Waals surface area contributed by atoms with Crippen LogP contribution in [0, 0.1) is 0 Å². The minimum absolute atomic E-state index is 0.00625. The number of amides is 5. The fourth-order valence-corrected chi connectivity index (χ4v) is 2.97. The van der Waals surface area contributed by atoms with Gasteiger partial charge in [-0.3, -0.25) is 24.0 Å². The Morgan fingerprint density at radius 2 is 1.26 bits per heavy atom. The highest BCUT2D eigenvalue weighted by Gasteiger charge is 2.30. The van der Waals surface area contributed by atoms with Crippen LogP contribution in [-0.2, 0) is 35.2 Å². The third-order valence-corrected chi connectivity index (χ3v) is 4.82. The molecule has 14 heteroatoms. The van der Waals surface area contributed by atoms with Crippen molar-refractivity contribution >= 4 is 35.5 Å². The van der Waals surface area contributed by atoms with Crippen molar-refractivity contribution in [2.24, 2.45) is 17.2 Å². The summed E-state index contributed by atoms with van der Waals surface area (Å²) in [6.07, 6.45) is -1.20. The lowest BCUT2D eigenvalue weighted by Crippen LogP contribution is -2.56. The average molecular weight is 495 g/mol. The first-order valence-corrected chi connectivity index (χ1v) is 10.6. The second kappa shape index (κ2) is 14.1. The van der Waals surface area contributed by atoms with E-state index in [2.05, 4.69) is 16.0 Å². The molecule has 1 aromatic carbocycles. The van der Waals surface area contributed by atoms with E-state index < -0.39 is 60.2 Å². The SMILES string of the molecule is NCC(=O)N[C@@H](Cc1ccc(O)cc1)C(=O)N[C@@H](CCC(N)=O)C(=O)N[C@@H](CCC(N)=O)C(=O)O. The maximum absolute atomic E-state index is 13.0. The Labute approximate surface area is 200 Å². The van der Waals surface area contributed by atoms with Crippen LogP contribution in [-0.4, -0.2) is 70.4 Å². The summed E-state index contributed by atoms with van der Waals surface area (Å²) < 4.78 is 0. The Balaban J connectivity index is 3.06. The van der Waals surface area contributed by atoms with Gasteiger partial charge in [-0.25, -0.2) is 4.79 Å². The van der Waals surface area contributed by atoms with Gasteiger partial charge in [-0.1, -0.05) is 12.1 Å². The van der Waals surface area contributed by atoms with Gasteiger partial charge in [0.25, 0.3) is 0 Å². The minimum atomic E-state index is -1.48. The van der Waals surface area contributed by atoms with Crippen LogP contribution < -0.4 is 33.2 Å². The van der Waals surface area contributed by atoms with E-state index in [1.807, 2.05) is 0 Å². The van der Waals surface area contributed by atoms with Crippen LogP contribution in [0.2, 0.25) is 0 Å². The van der Waals surface area contributed by atoms with Crippen LogP contribution in [0.5, 0.6) is 5.75 Å². The average Bonchev–Trinajstić information content (AvgIpc) is 2.79. The summed E-state index contributed by atoms with van der Waals surface area (Å²) in [5, 5.41) is 25.8. The van der Waals surface area contributed by atoms with Gasteiger partial charge in [0, 0.05) is 19.3 Å². The molecule has 0 fully saturated rings. The molecule has 0 saturated heterocycles. The number of carboxylic acid groups (broad SMARTS) is 1. The third kappa shape index (κ3) is 11.0. The van der Waals surface area contributed by atoms with E-state index in [4.69, 9.17) is 17.2 Å². The molecular weight excluding hydrogens is 464 g/mol. The molecule has 35 heavy (non-hydrogen) atoms. The normalized spacial score (nSPS) is 13.1. The minimum Gasteiger partial charge on any atom is -0.508 e. The predicted octanol–water partition coefficient (Wildman–Crippen LogP) is -3.04. The number of primary amides is 2. The summed E-state index contributed by atoms with van der Waals surface area (Å²) in [6, 6.07) is 1.77. The van der Waals surface area contributed by atoms with Crippen molar-refractivity contribution in [2.45, 2.75) is 50.2 Å². The number of phenolic OH excluding ortho intramolecular Hbond substituents is 1. The molecule has 1 rings (SSSR count). The molecule has 0 radical (unpaired) electrons. The van der Waals surface area contributed by atoms with Crippen molar-refractivity contribution in [3.63, 3.8) is 0 Å². The molecule has 0 aliphatic carbocycles. The number of hydrogen-bond donors (Lipinski definition) is 8. The quantitative estimate of drug-likeness (QED) is 0.123. The first kappa shape index (κ1) is 28.8. The number of aliphatic carboxylic acids is 1. The van der Waals surface area contributed by atoms with Gasteiger partial charge in [0.05, 0.1) is 6.54 Å². The Morgan fingerprint density at radius 1 is 0.771 bits per heavy atom. The largest absolute Gasteiger partial charge is 0.508 e. The van der Waals surface area contributed by atoms with Gasteiger partial charge in [-0.15, -0.1) is 0 Å². The van der Waals surface area contributed by atoms with Crippen molar-refractivity contribution < 1.29 is 39.0 Å². The lowest BCUT2D eigenvalue weighted by atomic mass is 10.0. The standard InChI is InChI=1S/C21H30N6O8/c22-10-18(31)25-15(9-11-1-3-12(28)4-2-11)20(33)26-13(5-7-16(23)29)19(32)27-14(21(34)35)6-8-17(24)30/h1-4,13-15,28H,5-10,22H2,(H2,23,29)(H2,24,30)(H,25,31)(H,26,33)(H,27,32)(H,34,35)/t13-,14-,15-/m0/s1. The number of carboxylic acids is 1. The highest BCUT2D eigenvalue weighted by molar-refractivity contribution is 5.94. The van der Waals surface area contributed by atoms with Crippen LogP contribution in [0.15, 0.2) is 24.3 Å². The van der Waals surface area contributed by atoms with Crippen LogP contribution in [0.1, 0.15) is 31.2 Å². The van der Waals surface area contributed by atoms with Gasteiger partial charge in [0.15, 0.2) is 0 Å². The summed E-state index contributed by atoms with van der Waals surface area (Å²) in [5.74, 6) is -5.37. The molecule has 0 saturated carbocycles. The third-order valence-electron chi connectivity index (χ3n) is 4.82. The molecule has 5 amide bonds. The van der Waals surface area contributed by atoms with Gasteiger partial charge in [0.2, 0.25) is 29.5 Å². The van der Waals surface area contributed by atoms with Crippen LogP contribution in [0.3, 0.4) is 0 Å². The molecular formula is C21H30N6O8. The lowest BCUT2D eigenvalue weighted by molar-refractivity contribution is -0.142. The molecule has 14 nitrogen and oxygen atoms in total. The molecule has 0 spiro atoms. The molecule has 1 aromatic rings. The lowest BCUT2D eigenvalue weighted by Gasteiger charge is -2.24. The molecule has 0 aliphatic heterocycles. The van der Waals surface area contributed by atoms with E-state index in [0.717, 1.165) is 0 Å². The van der Waals surface area contributed by atoms with Crippen molar-refractivity contribution in [1.82, 2.24) is 16.0 Å². The van der Waals surface area contributed by atoms with E-state index in [-0.39, 0.29) is 37.9 Å². The zero-order valence-electron chi connectivity index (χ0n) is 18.9. The van der Waals surface area contributed by atoms with E-state index in [1.165, 1.54) is 24.3 Å². The Hall–Kier alpha value is -4.20. The number of benzene rings is 1. The summed E-state index contributed by atoms with van der Waals surface area (Å²) >= 11 is 0. The van der Waals surface area contributed by atoms with E-state index >= 15 is 0 Å². The van der Waals surface area contributed by atoms with Crippen LogP contribution in [0.25, 0.3) is 0 Å². The zero-order valence-corrected chi connectivity index (χ0v) is 18.9. The van der Waals surface area contributed by atoms with Crippen LogP contribution in [0.4, 0.5) is 0 Å². The van der Waals surface area contributed by atoms with Crippen molar-refractivity contribution in [1.29, 1.82) is 0 Å². The maximum Gasteiger partial charge on any atom is 0.326 e. The van der Waals surface area contributed by atoms with Gasteiger partial charge >= 0.3 is 5.97 Å². The van der Waals surface area contributed by atoms with E-state index in [0.29, 0.717) is 5.56 Å². The molecule has 0 bridgehead atoms. The smallest absolute Gasteiger partial charge is 0.326 e. The summed E-state index contributed by atoms with van der Waals surface area (Å²) in [5.41, 5.74) is 16.0. The highest BCUT2D eigenvalue weighted by Crippen LogP contribution is 2.12. The predicted molar refractivity (Wildman–Crippen MR) is 121 cm³/mol. The number of hydrogen-bond acceptors (Lipinski definition) is 8. The summed E-state index contributed by atoms with van der Waals surface area (Å²) in [4.78, 5) is 71.2. The Kier molecular flexibility index (Phi) is 11.7. The first-order chi connectivity index (χ1) is 16.4. The number of carbonyl (C=O) groups excluding carboxylic acids is 5. The fraction of sp³-hybridized carbons (Fsp3) is 0.429. The molecule has 0 heterocycles. The van der Waals surface area contributed by atoms with E-state index in [9.17, 15) is 39.0 Å². The number of nitrogens with one attached hydrogen (secondary N) is 3. The topological polar surface area (TPSA) is 257 Å². The maximum atomic E-state index is 13.0. The second-order valence-electron chi connectivity index (χ2n) is 7.67. The number of phenols is 1.